The lowest BCUT2D eigenvalue weighted by Gasteiger charge is -2.30. The number of carbonyl (C=O) groups excluding carboxylic acids is 6. The van der Waals surface area contributed by atoms with Gasteiger partial charge in [0.1, 0.15) is 17.7 Å². The van der Waals surface area contributed by atoms with E-state index in [0.717, 1.165) is 54.5 Å². The molecule has 16 heteroatoms. The van der Waals surface area contributed by atoms with Gasteiger partial charge in [-0.2, -0.15) is 11.8 Å². The SMILES string of the molecule is CC(C)C[C@H](NC(=O)[C@H](Cc1ccccc1)C[C@@H](O)[C@H](Cc1ccccc1)NC(=O)OC(C)(C)C)C(=O)N[C@@H](Cc1ccccc1)C(=O)NCCCCCNC(=O)CCCCC1SCC2NC(=O)NC21. The molecule has 5 rings (SSSR count). The van der Waals surface area contributed by atoms with Crippen molar-refractivity contribution in [3.63, 3.8) is 0 Å². The summed E-state index contributed by atoms with van der Waals surface area (Å²) in [4.78, 5) is 79.8. The number of rotatable bonds is 28. The van der Waals surface area contributed by atoms with Gasteiger partial charge in [-0.3, -0.25) is 19.2 Å². The van der Waals surface area contributed by atoms with Crippen LogP contribution in [0.25, 0.3) is 0 Å². The zero-order valence-electron chi connectivity index (χ0n) is 41.7. The van der Waals surface area contributed by atoms with Crippen LogP contribution in [0.2, 0.25) is 0 Å². The summed E-state index contributed by atoms with van der Waals surface area (Å²) in [5.74, 6) is -1.12. The molecule has 70 heavy (non-hydrogen) atoms. The summed E-state index contributed by atoms with van der Waals surface area (Å²) < 4.78 is 5.55. The average molecular weight is 984 g/mol. The Morgan fingerprint density at radius 3 is 1.89 bits per heavy atom. The van der Waals surface area contributed by atoms with E-state index in [9.17, 15) is 33.9 Å². The van der Waals surface area contributed by atoms with Crippen molar-refractivity contribution in [3.8, 4) is 0 Å². The summed E-state index contributed by atoms with van der Waals surface area (Å²) in [5.41, 5.74) is 1.83. The lowest BCUT2D eigenvalue weighted by Crippen LogP contribution is -2.56. The minimum atomic E-state index is -1.17. The number of ether oxygens (including phenoxy) is 1. The number of amides is 7. The van der Waals surface area contributed by atoms with Crippen molar-refractivity contribution >= 4 is 47.5 Å². The Morgan fingerprint density at radius 2 is 1.27 bits per heavy atom. The number of aliphatic hydroxyl groups is 1. The number of fused-ring (bicyclic) bond motifs is 1. The first-order valence-electron chi connectivity index (χ1n) is 25.2. The van der Waals surface area contributed by atoms with Crippen LogP contribution in [-0.4, -0.2) is 107 Å². The van der Waals surface area contributed by atoms with Crippen LogP contribution in [0.15, 0.2) is 91.0 Å². The van der Waals surface area contributed by atoms with Gasteiger partial charge in [0, 0.05) is 42.9 Å². The van der Waals surface area contributed by atoms with Gasteiger partial charge in [0.05, 0.1) is 24.2 Å². The Morgan fingerprint density at radius 1 is 0.686 bits per heavy atom. The fraction of sp³-hybridized carbons (Fsp3) is 0.556. The number of carbonyl (C=O) groups is 6. The number of nitrogens with one attached hydrogen (secondary N) is 7. The minimum absolute atomic E-state index is 0.000989. The Bertz CT molecular complexity index is 2110. The van der Waals surface area contributed by atoms with Crippen LogP contribution in [0.5, 0.6) is 0 Å². The molecule has 382 valence electrons. The van der Waals surface area contributed by atoms with Gasteiger partial charge in [-0.15, -0.1) is 0 Å². The first-order chi connectivity index (χ1) is 33.5. The third kappa shape index (κ3) is 19.6. The third-order valence-corrected chi connectivity index (χ3v) is 14.0. The summed E-state index contributed by atoms with van der Waals surface area (Å²) in [6, 6.07) is 25.9. The van der Waals surface area contributed by atoms with E-state index in [0.29, 0.717) is 37.6 Å². The topological polar surface area (TPSA) is 216 Å². The largest absolute Gasteiger partial charge is 0.444 e. The Balaban J connectivity index is 1.15. The van der Waals surface area contributed by atoms with Crippen LogP contribution in [-0.2, 0) is 43.2 Å². The van der Waals surface area contributed by atoms with Gasteiger partial charge in [0.25, 0.3) is 0 Å². The van der Waals surface area contributed by atoms with E-state index in [1.165, 1.54) is 0 Å². The number of urea groups is 1. The molecular weight excluding hydrogens is 907 g/mol. The molecule has 3 aromatic rings. The van der Waals surface area contributed by atoms with E-state index in [1.807, 2.05) is 117 Å². The van der Waals surface area contributed by atoms with Crippen LogP contribution >= 0.6 is 11.8 Å². The number of hydrogen-bond acceptors (Lipinski definition) is 9. The first-order valence-corrected chi connectivity index (χ1v) is 26.2. The van der Waals surface area contributed by atoms with Crippen molar-refractivity contribution < 1.29 is 38.6 Å². The van der Waals surface area contributed by atoms with Gasteiger partial charge in [-0.1, -0.05) is 111 Å². The van der Waals surface area contributed by atoms with Gasteiger partial charge in [0.2, 0.25) is 23.6 Å². The second kappa shape index (κ2) is 28.3. The molecule has 3 aromatic carbocycles. The quantitative estimate of drug-likeness (QED) is 0.0310. The van der Waals surface area contributed by atoms with Crippen molar-refractivity contribution in [1.29, 1.82) is 0 Å². The van der Waals surface area contributed by atoms with Crippen LogP contribution in [0.4, 0.5) is 9.59 Å². The molecule has 2 aliphatic heterocycles. The van der Waals surface area contributed by atoms with Crippen molar-refractivity contribution in [2.45, 2.75) is 159 Å². The van der Waals surface area contributed by atoms with E-state index in [4.69, 9.17) is 4.74 Å². The van der Waals surface area contributed by atoms with E-state index >= 15 is 0 Å². The first kappa shape index (κ1) is 55.3. The van der Waals surface area contributed by atoms with E-state index in [-0.39, 0.29) is 61.5 Å². The number of alkyl carbamates (subject to hydrolysis) is 1. The average Bonchev–Trinajstić information content (AvgIpc) is 3.88. The fourth-order valence-electron chi connectivity index (χ4n) is 8.92. The number of hydrogen-bond donors (Lipinski definition) is 8. The number of unbranched alkanes of at least 4 members (excludes halogenated alkanes) is 3. The zero-order valence-corrected chi connectivity index (χ0v) is 42.5. The normalized spacial score (nSPS) is 18.5. The predicted molar refractivity (Wildman–Crippen MR) is 275 cm³/mol. The van der Waals surface area contributed by atoms with E-state index in [1.54, 1.807) is 20.8 Å². The van der Waals surface area contributed by atoms with Crippen LogP contribution in [0.1, 0.15) is 109 Å². The molecule has 8 atom stereocenters. The Kier molecular flexibility index (Phi) is 22.4. The molecule has 0 aromatic heterocycles. The molecule has 2 heterocycles. The summed E-state index contributed by atoms with van der Waals surface area (Å²) in [6.07, 6.45) is 4.56. The van der Waals surface area contributed by atoms with Crippen molar-refractivity contribution in [3.05, 3.63) is 108 Å². The molecule has 15 nitrogen and oxygen atoms in total. The molecule has 2 saturated heterocycles. The highest BCUT2D eigenvalue weighted by atomic mass is 32.2. The lowest BCUT2D eigenvalue weighted by atomic mass is 9.88. The van der Waals surface area contributed by atoms with Gasteiger partial charge in [-0.05, 0) is 101 Å². The maximum Gasteiger partial charge on any atom is 0.407 e. The van der Waals surface area contributed by atoms with Crippen molar-refractivity contribution in [2.24, 2.45) is 11.8 Å². The molecule has 2 aliphatic rings. The molecule has 0 radical (unpaired) electrons. The molecule has 0 bridgehead atoms. The van der Waals surface area contributed by atoms with Crippen molar-refractivity contribution in [2.75, 3.05) is 18.8 Å². The van der Waals surface area contributed by atoms with Crippen LogP contribution < -0.4 is 37.2 Å². The van der Waals surface area contributed by atoms with Gasteiger partial charge < -0.3 is 47.1 Å². The highest BCUT2D eigenvalue weighted by molar-refractivity contribution is 8.00. The smallest absolute Gasteiger partial charge is 0.407 e. The zero-order chi connectivity index (χ0) is 50.5. The molecule has 3 unspecified atom stereocenters. The van der Waals surface area contributed by atoms with Crippen LogP contribution in [0.3, 0.4) is 0 Å². The summed E-state index contributed by atoms with van der Waals surface area (Å²) in [7, 11) is 0. The highest BCUT2D eigenvalue weighted by Crippen LogP contribution is 2.33. The van der Waals surface area contributed by atoms with E-state index in [2.05, 4.69) is 37.2 Å². The number of thioether (sulfide) groups is 1. The molecule has 2 fully saturated rings. The molecular formula is C54H77N7O8S. The van der Waals surface area contributed by atoms with E-state index < -0.39 is 53.7 Å². The van der Waals surface area contributed by atoms with Crippen LogP contribution in [0, 0.1) is 11.8 Å². The molecule has 0 aliphatic carbocycles. The monoisotopic (exact) mass is 984 g/mol. The maximum absolute atomic E-state index is 14.5. The molecule has 0 spiro atoms. The second-order valence-corrected chi connectivity index (χ2v) is 21.4. The molecule has 7 amide bonds. The number of benzene rings is 3. The Labute approximate surface area is 419 Å². The second-order valence-electron chi connectivity index (χ2n) is 20.1. The Hall–Kier alpha value is -5.61. The standard InChI is InChI=1S/C54H77N7O8S/c1-36(2)30-42(57-49(64)40(31-37-20-10-6-11-21-37)34-45(62)41(32-38-22-12-7-13-23-38)60-53(68)69-54(3,4)5)51(66)58-43(33-39-24-14-8-15-25-39)50(65)56-29-19-9-18-28-55-47(63)27-17-16-26-46-48-44(35-70-46)59-52(67)61-48/h6-8,10-15,20-25,36,40-46,48,62H,9,16-19,26-35H2,1-5H3,(H,55,63)(H,56,65)(H,57,64)(H,58,66)(H,60,68)(H2,59,61,67)/t40-,41+,42+,43+,44?,45-,46?,48?/m1/s1. The van der Waals surface area contributed by atoms with Gasteiger partial charge >= 0.3 is 12.1 Å². The molecule has 8 N–H and O–H groups in total. The minimum Gasteiger partial charge on any atom is -0.444 e. The summed E-state index contributed by atoms with van der Waals surface area (Å²) in [6.45, 7) is 10.1. The summed E-state index contributed by atoms with van der Waals surface area (Å²) >= 11 is 1.88. The van der Waals surface area contributed by atoms with Crippen molar-refractivity contribution in [1.82, 2.24) is 37.2 Å². The van der Waals surface area contributed by atoms with Gasteiger partial charge in [-0.25, -0.2) is 9.59 Å². The molecule has 0 saturated carbocycles. The number of aliphatic hydroxyl groups excluding tert-OH is 1. The lowest BCUT2D eigenvalue weighted by molar-refractivity contribution is -0.134. The maximum atomic E-state index is 14.5. The summed E-state index contributed by atoms with van der Waals surface area (Å²) in [5, 5.41) is 33.1. The third-order valence-electron chi connectivity index (χ3n) is 12.5. The predicted octanol–water partition coefficient (Wildman–Crippen LogP) is 6.12. The highest BCUT2D eigenvalue weighted by Gasteiger charge is 2.42. The fourth-order valence-corrected chi connectivity index (χ4v) is 10.5. The van der Waals surface area contributed by atoms with Gasteiger partial charge in [0.15, 0.2) is 0 Å².